The van der Waals surface area contributed by atoms with Crippen molar-refractivity contribution in [3.05, 3.63) is 132 Å². The first kappa shape index (κ1) is 29.1. The number of ether oxygens (including phenoxy) is 1. The predicted molar refractivity (Wildman–Crippen MR) is 179 cm³/mol. The standard InChI is InChI=1S/C38H37N3O3/c1-3-34(28-17-20-33(21-18-28)40(2)32-9-5-4-6-10-32)38(29-15-12-27(13-16-29)14-23-37(42)43)30-19-22-35-31(25-30)26-39-41(35)36-11-7-8-24-44-36/h4-6,9-10,12-23,25-26,36H,3,7-8,11,24H2,1-2H3,(H,42,43)/b23-14?,38-34+. The minimum Gasteiger partial charge on any atom is -0.478 e. The molecule has 0 aliphatic carbocycles. The Labute approximate surface area is 258 Å². The maximum absolute atomic E-state index is 11.1. The van der Waals surface area contributed by atoms with E-state index in [-0.39, 0.29) is 6.23 Å². The molecule has 5 aromatic rings. The Morgan fingerprint density at radius 3 is 2.32 bits per heavy atom. The van der Waals surface area contributed by atoms with Crippen LogP contribution in [0.25, 0.3) is 28.1 Å². The summed E-state index contributed by atoms with van der Waals surface area (Å²) in [6.07, 6.45) is 8.75. The number of carbonyl (C=O) groups is 1. The number of fused-ring (bicyclic) bond motifs is 1. The van der Waals surface area contributed by atoms with E-state index in [1.807, 2.05) is 29.1 Å². The van der Waals surface area contributed by atoms with Gasteiger partial charge in [0.1, 0.15) is 0 Å². The van der Waals surface area contributed by atoms with Crippen LogP contribution in [0.5, 0.6) is 0 Å². The maximum Gasteiger partial charge on any atom is 0.328 e. The highest BCUT2D eigenvalue weighted by Crippen LogP contribution is 2.37. The molecular formula is C38H37N3O3. The number of benzene rings is 4. The Morgan fingerprint density at radius 1 is 0.932 bits per heavy atom. The molecule has 1 fully saturated rings. The number of aromatic nitrogens is 2. The van der Waals surface area contributed by atoms with Crippen LogP contribution < -0.4 is 4.90 Å². The van der Waals surface area contributed by atoms with Gasteiger partial charge in [0.2, 0.25) is 0 Å². The van der Waals surface area contributed by atoms with Gasteiger partial charge in [0.15, 0.2) is 6.23 Å². The fraction of sp³-hybridized carbons (Fsp3) is 0.211. The van der Waals surface area contributed by atoms with Crippen molar-refractivity contribution >= 4 is 45.5 Å². The van der Waals surface area contributed by atoms with E-state index in [0.717, 1.165) is 82.4 Å². The molecule has 4 aromatic carbocycles. The Balaban J connectivity index is 1.43. The second-order valence-corrected chi connectivity index (χ2v) is 11.1. The van der Waals surface area contributed by atoms with Gasteiger partial charge in [0.25, 0.3) is 0 Å². The molecule has 1 aliphatic heterocycles. The normalized spacial score (nSPS) is 15.8. The molecule has 1 aromatic heterocycles. The molecular weight excluding hydrogens is 546 g/mol. The average Bonchev–Trinajstić information content (AvgIpc) is 3.50. The molecule has 0 bridgehead atoms. The van der Waals surface area contributed by atoms with Crippen molar-refractivity contribution in [2.24, 2.45) is 0 Å². The van der Waals surface area contributed by atoms with Gasteiger partial charge in [-0.25, -0.2) is 9.48 Å². The highest BCUT2D eigenvalue weighted by molar-refractivity contribution is 6.00. The summed E-state index contributed by atoms with van der Waals surface area (Å²) < 4.78 is 8.06. The number of rotatable bonds is 9. The van der Waals surface area contributed by atoms with Gasteiger partial charge >= 0.3 is 5.97 Å². The van der Waals surface area contributed by atoms with E-state index >= 15 is 0 Å². The highest BCUT2D eigenvalue weighted by Gasteiger charge is 2.20. The molecule has 6 nitrogen and oxygen atoms in total. The van der Waals surface area contributed by atoms with E-state index in [0.29, 0.717) is 0 Å². The van der Waals surface area contributed by atoms with Crippen molar-refractivity contribution < 1.29 is 14.6 Å². The predicted octanol–water partition coefficient (Wildman–Crippen LogP) is 8.97. The summed E-state index contributed by atoms with van der Waals surface area (Å²) in [7, 11) is 2.08. The van der Waals surface area contributed by atoms with Crippen molar-refractivity contribution in [3.63, 3.8) is 0 Å². The third-order valence-electron chi connectivity index (χ3n) is 8.33. The van der Waals surface area contributed by atoms with Crippen LogP contribution in [0, 0.1) is 0 Å². The molecule has 0 amide bonds. The zero-order valence-electron chi connectivity index (χ0n) is 25.2. The van der Waals surface area contributed by atoms with Crippen molar-refractivity contribution in [1.29, 1.82) is 0 Å². The van der Waals surface area contributed by atoms with Gasteiger partial charge in [0, 0.05) is 36.5 Å². The van der Waals surface area contributed by atoms with Crippen LogP contribution in [-0.2, 0) is 9.53 Å². The number of para-hydroxylation sites is 1. The second kappa shape index (κ2) is 13.1. The number of hydrogen-bond donors (Lipinski definition) is 1. The third-order valence-corrected chi connectivity index (χ3v) is 8.33. The average molecular weight is 584 g/mol. The number of hydrogen-bond acceptors (Lipinski definition) is 4. The molecule has 0 spiro atoms. The van der Waals surface area contributed by atoms with E-state index in [4.69, 9.17) is 14.9 Å². The van der Waals surface area contributed by atoms with Crippen LogP contribution >= 0.6 is 0 Å². The number of nitrogens with zero attached hydrogens (tertiary/aromatic N) is 3. The van der Waals surface area contributed by atoms with Crippen LogP contribution in [0.3, 0.4) is 0 Å². The van der Waals surface area contributed by atoms with Crippen LogP contribution in [0.15, 0.2) is 109 Å². The molecule has 1 atom stereocenters. The first-order valence-electron chi connectivity index (χ1n) is 15.2. The van der Waals surface area contributed by atoms with Gasteiger partial charge in [-0.1, -0.05) is 67.6 Å². The van der Waals surface area contributed by atoms with E-state index < -0.39 is 5.97 Å². The topological polar surface area (TPSA) is 67.6 Å². The molecule has 1 unspecified atom stereocenters. The number of carboxylic acids is 1. The Bertz CT molecular complexity index is 1800. The van der Waals surface area contributed by atoms with Gasteiger partial charge in [-0.05, 0) is 102 Å². The Hall–Kier alpha value is -4.94. The van der Waals surface area contributed by atoms with E-state index in [1.165, 1.54) is 11.6 Å². The first-order valence-corrected chi connectivity index (χ1v) is 15.2. The first-order chi connectivity index (χ1) is 21.5. The van der Waals surface area contributed by atoms with Gasteiger partial charge in [-0.3, -0.25) is 0 Å². The maximum atomic E-state index is 11.1. The summed E-state index contributed by atoms with van der Waals surface area (Å²) in [6.45, 7) is 2.97. The molecule has 6 rings (SSSR count). The monoisotopic (exact) mass is 583 g/mol. The summed E-state index contributed by atoms with van der Waals surface area (Å²) in [5.41, 5.74) is 9.88. The van der Waals surface area contributed by atoms with Crippen molar-refractivity contribution in [2.75, 3.05) is 18.6 Å². The molecule has 2 heterocycles. The Morgan fingerprint density at radius 2 is 1.64 bits per heavy atom. The van der Waals surface area contributed by atoms with Crippen molar-refractivity contribution in [3.8, 4) is 0 Å². The van der Waals surface area contributed by atoms with Crippen LogP contribution in [-0.4, -0.2) is 34.5 Å². The van der Waals surface area contributed by atoms with Gasteiger partial charge < -0.3 is 14.7 Å². The summed E-state index contributed by atoms with van der Waals surface area (Å²) in [6, 6.07) is 33.8. The smallest absolute Gasteiger partial charge is 0.328 e. The SMILES string of the molecule is CC/C(=C(/c1ccc(C=CC(=O)O)cc1)c1ccc2c(cnn2C2CCCCO2)c1)c1ccc(N(C)c2ccccc2)cc1. The summed E-state index contributed by atoms with van der Waals surface area (Å²) in [5, 5.41) is 14.9. The summed E-state index contributed by atoms with van der Waals surface area (Å²) in [4.78, 5) is 13.2. The van der Waals surface area contributed by atoms with Gasteiger partial charge in [-0.15, -0.1) is 0 Å². The van der Waals surface area contributed by atoms with Crippen molar-refractivity contribution in [1.82, 2.24) is 9.78 Å². The number of aliphatic carboxylic acids is 1. The zero-order chi connectivity index (χ0) is 30.5. The lowest BCUT2D eigenvalue weighted by Gasteiger charge is -2.23. The molecule has 0 radical (unpaired) electrons. The van der Waals surface area contributed by atoms with E-state index in [1.54, 1.807) is 6.08 Å². The minimum absolute atomic E-state index is 0.0211. The highest BCUT2D eigenvalue weighted by atomic mass is 16.5. The molecule has 222 valence electrons. The lowest BCUT2D eigenvalue weighted by molar-refractivity contribution is -0.131. The Kier molecular flexibility index (Phi) is 8.71. The zero-order valence-corrected chi connectivity index (χ0v) is 25.2. The van der Waals surface area contributed by atoms with Crippen molar-refractivity contribution in [2.45, 2.75) is 38.8 Å². The lowest BCUT2D eigenvalue weighted by Crippen LogP contribution is -2.18. The third kappa shape index (κ3) is 6.21. The quantitative estimate of drug-likeness (QED) is 0.139. The number of carboxylic acid groups (broad SMARTS) is 1. The van der Waals surface area contributed by atoms with E-state index in [2.05, 4.69) is 97.7 Å². The fourth-order valence-corrected chi connectivity index (χ4v) is 6.01. The van der Waals surface area contributed by atoms with Gasteiger partial charge in [0.05, 0.1) is 11.7 Å². The molecule has 1 saturated heterocycles. The van der Waals surface area contributed by atoms with Crippen LogP contribution in [0.1, 0.15) is 61.1 Å². The van der Waals surface area contributed by atoms with E-state index in [9.17, 15) is 4.79 Å². The minimum atomic E-state index is -0.961. The largest absolute Gasteiger partial charge is 0.478 e. The molecule has 0 saturated carbocycles. The summed E-state index contributed by atoms with van der Waals surface area (Å²) in [5.74, 6) is -0.961. The lowest BCUT2D eigenvalue weighted by atomic mass is 9.87. The molecule has 1 aliphatic rings. The molecule has 44 heavy (non-hydrogen) atoms. The molecule has 6 heteroatoms. The number of anilines is 2. The fourth-order valence-electron chi connectivity index (χ4n) is 6.01. The second-order valence-electron chi connectivity index (χ2n) is 11.1. The molecule has 1 N–H and O–H groups in total. The van der Waals surface area contributed by atoms with Crippen LogP contribution in [0.2, 0.25) is 0 Å². The summed E-state index contributed by atoms with van der Waals surface area (Å²) >= 11 is 0. The van der Waals surface area contributed by atoms with Gasteiger partial charge in [-0.2, -0.15) is 5.10 Å². The van der Waals surface area contributed by atoms with Crippen LogP contribution in [0.4, 0.5) is 11.4 Å². The number of allylic oxidation sites excluding steroid dienone is 1.